The lowest BCUT2D eigenvalue weighted by molar-refractivity contribution is -0.145. The van der Waals surface area contributed by atoms with Gasteiger partial charge in [0.25, 0.3) is 0 Å². The SMILES string of the molecule is CC#CC(C)C.CC(=O)C(C)C.CC(=O)OC(C)C.CC(C)=C(C)C(C)C.CC(C)N(C)C.CCC(C)C.CNC(=O)C(C)C.COC(=O)C(C)C.COC(C)C.CSC(C)C. The number of nitrogens with zero attached hydrogens (tertiary/aromatic N) is 1. The van der Waals surface area contributed by atoms with Crippen LogP contribution >= 0.6 is 11.8 Å². The first-order valence-corrected chi connectivity index (χ1v) is 24.0. The predicted octanol–water partition coefficient (Wildman–Crippen LogP) is 13.9. The minimum atomic E-state index is -0.213. The molecule has 0 saturated heterocycles. The van der Waals surface area contributed by atoms with Gasteiger partial charge in [-0.25, -0.2) is 0 Å². The Morgan fingerprint density at radius 3 is 0.968 bits per heavy atom. The third-order valence-electron chi connectivity index (χ3n) is 7.54. The first-order chi connectivity index (χ1) is 27.9. The van der Waals surface area contributed by atoms with Crippen molar-refractivity contribution in [3.8, 4) is 11.8 Å². The van der Waals surface area contributed by atoms with Crippen LogP contribution in [0.4, 0.5) is 0 Å². The third kappa shape index (κ3) is 124. The number of allylic oxidation sites excluding steroid dienone is 2. The van der Waals surface area contributed by atoms with Crippen molar-refractivity contribution >= 4 is 35.4 Å². The second-order valence-electron chi connectivity index (χ2n) is 17.7. The minimum absolute atomic E-state index is 0.00463. The zero-order valence-electron chi connectivity index (χ0n) is 47.7. The van der Waals surface area contributed by atoms with Crippen molar-refractivity contribution in [3.63, 3.8) is 0 Å². The van der Waals surface area contributed by atoms with E-state index in [1.165, 1.54) is 31.6 Å². The van der Waals surface area contributed by atoms with E-state index < -0.39 is 0 Å². The molecule has 9 nitrogen and oxygen atoms in total. The molecule has 0 saturated carbocycles. The van der Waals surface area contributed by atoms with E-state index in [0.29, 0.717) is 18.1 Å². The van der Waals surface area contributed by atoms with Crippen molar-refractivity contribution in [2.45, 2.75) is 217 Å². The van der Waals surface area contributed by atoms with E-state index in [9.17, 15) is 19.2 Å². The molecule has 0 aromatic heterocycles. The van der Waals surface area contributed by atoms with Crippen molar-refractivity contribution in [2.24, 2.45) is 35.5 Å². The van der Waals surface area contributed by atoms with Crippen LogP contribution in [-0.2, 0) is 33.4 Å². The number of methoxy groups -OCH3 is 2. The number of ketones is 1. The van der Waals surface area contributed by atoms with Gasteiger partial charge in [0.05, 0.1) is 25.2 Å². The van der Waals surface area contributed by atoms with E-state index in [2.05, 4.69) is 149 Å². The number of hydrogen-bond donors (Lipinski definition) is 1. The molecular formula is C52H112N2O7S. The fourth-order valence-corrected chi connectivity index (χ4v) is 1.72. The Balaban J connectivity index is -0.0000000608. The van der Waals surface area contributed by atoms with Crippen LogP contribution in [0.1, 0.15) is 193 Å². The second-order valence-corrected chi connectivity index (χ2v) is 19.1. The lowest BCUT2D eigenvalue weighted by Crippen LogP contribution is -2.22. The number of Topliss-reactive ketones (excluding diaryl/α,β-unsaturated/α-hetero) is 1. The van der Waals surface area contributed by atoms with Crippen LogP contribution < -0.4 is 5.32 Å². The van der Waals surface area contributed by atoms with Crippen molar-refractivity contribution in [2.75, 3.05) is 41.6 Å². The van der Waals surface area contributed by atoms with Crippen molar-refractivity contribution in [3.05, 3.63) is 11.1 Å². The Morgan fingerprint density at radius 1 is 0.645 bits per heavy atom. The molecule has 0 rings (SSSR count). The fraction of sp³-hybridized carbons (Fsp3) is 0.846. The maximum absolute atomic E-state index is 10.4. The second kappa shape index (κ2) is 60.7. The van der Waals surface area contributed by atoms with Gasteiger partial charge in [0.2, 0.25) is 5.91 Å². The van der Waals surface area contributed by atoms with Gasteiger partial charge in [0.15, 0.2) is 0 Å². The Morgan fingerprint density at radius 2 is 0.968 bits per heavy atom. The van der Waals surface area contributed by atoms with Crippen LogP contribution in [0, 0.1) is 47.3 Å². The molecule has 62 heavy (non-hydrogen) atoms. The lowest BCUT2D eigenvalue weighted by atomic mass is 10.0. The molecule has 0 aliphatic heterocycles. The summed E-state index contributed by atoms with van der Waals surface area (Å²) in [4.78, 5) is 43.0. The number of rotatable bonds is 9. The predicted molar refractivity (Wildman–Crippen MR) is 280 cm³/mol. The summed E-state index contributed by atoms with van der Waals surface area (Å²) >= 11 is 1.88. The maximum atomic E-state index is 10.4. The number of carbonyl (C=O) groups is 4. The molecule has 0 spiro atoms. The zero-order chi connectivity index (χ0) is 52.5. The van der Waals surface area contributed by atoms with Gasteiger partial charge in [-0.3, -0.25) is 19.2 Å². The van der Waals surface area contributed by atoms with Crippen molar-refractivity contribution < 1.29 is 33.4 Å². The van der Waals surface area contributed by atoms with E-state index in [1.807, 2.05) is 74.1 Å². The quantitative estimate of drug-likeness (QED) is 0.137. The summed E-state index contributed by atoms with van der Waals surface area (Å²) in [5, 5.41) is 3.33. The number of ether oxygens (including phenoxy) is 3. The summed E-state index contributed by atoms with van der Waals surface area (Å²) in [6.45, 7) is 54.1. The molecule has 0 atom stereocenters. The highest BCUT2D eigenvalue weighted by Crippen LogP contribution is 2.12. The van der Waals surface area contributed by atoms with Crippen LogP contribution in [-0.4, -0.2) is 93.6 Å². The Kier molecular flexibility index (Phi) is 81.5. The van der Waals surface area contributed by atoms with Gasteiger partial charge in [-0.2, -0.15) is 11.8 Å². The Bertz CT molecular complexity index is 1000. The minimum Gasteiger partial charge on any atom is -0.469 e. The Hall–Kier alpha value is -2.35. The zero-order valence-corrected chi connectivity index (χ0v) is 48.5. The average molecular weight is 910 g/mol. The highest BCUT2D eigenvalue weighted by Gasteiger charge is 2.03. The van der Waals surface area contributed by atoms with Crippen LogP contribution in [0.3, 0.4) is 0 Å². The molecule has 0 aromatic carbocycles. The van der Waals surface area contributed by atoms with Crippen LogP contribution in [0.2, 0.25) is 0 Å². The summed E-state index contributed by atoms with van der Waals surface area (Å²) < 4.78 is 13.7. The van der Waals surface area contributed by atoms with E-state index in [0.717, 1.165) is 17.1 Å². The molecular weight excluding hydrogens is 797 g/mol. The van der Waals surface area contributed by atoms with E-state index in [1.54, 1.807) is 34.9 Å². The molecule has 0 unspecified atom stereocenters. The molecule has 10 heteroatoms. The van der Waals surface area contributed by atoms with Gasteiger partial charge in [0, 0.05) is 44.9 Å². The smallest absolute Gasteiger partial charge is 0.308 e. The van der Waals surface area contributed by atoms with Gasteiger partial charge in [-0.1, -0.05) is 121 Å². The molecule has 0 bridgehead atoms. The molecule has 1 amide bonds. The summed E-state index contributed by atoms with van der Waals surface area (Å²) in [5.74, 6) is 8.24. The van der Waals surface area contributed by atoms with Crippen LogP contribution in [0.5, 0.6) is 0 Å². The average Bonchev–Trinajstić information content (AvgIpc) is 3.14. The molecule has 378 valence electrons. The van der Waals surface area contributed by atoms with E-state index in [-0.39, 0.29) is 47.5 Å². The molecule has 0 fully saturated rings. The first kappa shape index (κ1) is 83.2. The summed E-state index contributed by atoms with van der Waals surface area (Å²) in [7, 11) is 8.88. The molecule has 1 N–H and O–H groups in total. The van der Waals surface area contributed by atoms with Gasteiger partial charge in [-0.15, -0.1) is 11.8 Å². The largest absolute Gasteiger partial charge is 0.469 e. The van der Waals surface area contributed by atoms with Gasteiger partial charge < -0.3 is 24.4 Å². The number of carbonyl (C=O) groups excluding carboxylic acids is 4. The van der Waals surface area contributed by atoms with Gasteiger partial charge in [-0.05, 0) is 114 Å². The topological polar surface area (TPSA) is 111 Å². The fourth-order valence-electron chi connectivity index (χ4n) is 1.72. The lowest BCUT2D eigenvalue weighted by Gasteiger charge is -2.12. The summed E-state index contributed by atoms with van der Waals surface area (Å²) in [5.41, 5.74) is 2.98. The number of thioether (sulfide) groups is 1. The van der Waals surface area contributed by atoms with E-state index >= 15 is 0 Å². The molecule has 0 radical (unpaired) electrons. The third-order valence-corrected chi connectivity index (χ3v) is 8.48. The monoisotopic (exact) mass is 909 g/mol. The van der Waals surface area contributed by atoms with Crippen molar-refractivity contribution in [1.29, 1.82) is 0 Å². The van der Waals surface area contributed by atoms with Crippen molar-refractivity contribution in [1.82, 2.24) is 10.2 Å². The van der Waals surface area contributed by atoms with E-state index in [4.69, 9.17) is 4.74 Å². The Labute approximate surface area is 394 Å². The van der Waals surface area contributed by atoms with Crippen LogP contribution in [0.25, 0.3) is 0 Å². The molecule has 0 heterocycles. The molecule has 0 aliphatic rings. The first-order valence-electron chi connectivity index (χ1n) is 22.7. The standard InChI is InChI=1S/C8H16.C6H10.C5H11NO.C5H13N.2C5H10O2.C5H10O.C5H12.C4H10O.C4H10S/c1-6(2)8(5)7(3)4;1-4-5-6(2)3;1-4(2)5(7)6-3;1-5(2)6(3)4;1-4(2)5(6)7-3;1-4(2)7-5(3)6;1-4(2)5(3)6;1-4-5(2)3;2*1-4(2)5-3/h6H,1-5H3;6H,1-3H3;4H,1-3H3,(H,6,7);5H,1-4H3;2*4H,1-3H3;4H,1-3H3;5H,4H2,1-3H3;2*4H,1-3H3. The van der Waals surface area contributed by atoms with Gasteiger partial charge in [0.1, 0.15) is 5.78 Å². The summed E-state index contributed by atoms with van der Waals surface area (Å²) in [6, 6.07) is 0.685. The number of nitrogens with one attached hydrogen (secondary N) is 1. The number of amides is 1. The number of esters is 2. The molecule has 0 aliphatic carbocycles. The maximum Gasteiger partial charge on any atom is 0.308 e. The number of hydrogen-bond acceptors (Lipinski definition) is 9. The summed E-state index contributed by atoms with van der Waals surface area (Å²) in [6.07, 6.45) is 3.83. The van der Waals surface area contributed by atoms with Gasteiger partial charge >= 0.3 is 11.9 Å². The highest BCUT2D eigenvalue weighted by atomic mass is 32.2. The molecule has 0 aromatic rings. The highest BCUT2D eigenvalue weighted by molar-refractivity contribution is 7.99. The van der Waals surface area contributed by atoms with Crippen LogP contribution in [0.15, 0.2) is 11.1 Å². The normalized spacial score (nSPS) is 9.35.